The SMILES string of the molecule is CCc1cc(NCC2CCCC2O)c2ccccc2n1. The lowest BCUT2D eigenvalue weighted by Crippen LogP contribution is -2.22. The van der Waals surface area contributed by atoms with E-state index < -0.39 is 0 Å². The summed E-state index contributed by atoms with van der Waals surface area (Å²) in [5.41, 5.74) is 3.30. The standard InChI is InChI=1S/C17H22N2O/c1-2-13-10-16(14-7-3-4-8-15(14)19-13)18-11-12-6-5-9-17(12)20/h3-4,7-8,10,12,17,20H,2,5-6,9,11H2,1H3,(H,18,19). The third-order valence-electron chi connectivity index (χ3n) is 4.31. The molecule has 0 aliphatic heterocycles. The average molecular weight is 270 g/mol. The van der Waals surface area contributed by atoms with E-state index >= 15 is 0 Å². The molecule has 2 atom stereocenters. The molecular formula is C17H22N2O. The molecule has 0 bridgehead atoms. The predicted molar refractivity (Wildman–Crippen MR) is 83.0 cm³/mol. The molecule has 1 aromatic carbocycles. The van der Waals surface area contributed by atoms with Crippen LogP contribution < -0.4 is 5.32 Å². The quantitative estimate of drug-likeness (QED) is 0.895. The van der Waals surface area contributed by atoms with Crippen LogP contribution in [0.15, 0.2) is 30.3 Å². The molecule has 0 spiro atoms. The molecule has 1 aromatic heterocycles. The van der Waals surface area contributed by atoms with Crippen molar-refractivity contribution in [2.75, 3.05) is 11.9 Å². The van der Waals surface area contributed by atoms with E-state index in [9.17, 15) is 5.11 Å². The van der Waals surface area contributed by atoms with Gasteiger partial charge < -0.3 is 10.4 Å². The first-order valence-corrected chi connectivity index (χ1v) is 7.58. The molecule has 2 unspecified atom stereocenters. The van der Waals surface area contributed by atoms with Gasteiger partial charge in [0.2, 0.25) is 0 Å². The highest BCUT2D eigenvalue weighted by atomic mass is 16.3. The normalized spacial score (nSPS) is 22.3. The van der Waals surface area contributed by atoms with Crippen LogP contribution in [0, 0.1) is 5.92 Å². The fraction of sp³-hybridized carbons (Fsp3) is 0.471. The highest BCUT2D eigenvalue weighted by Gasteiger charge is 2.24. The van der Waals surface area contributed by atoms with E-state index in [1.807, 2.05) is 12.1 Å². The molecule has 1 aliphatic rings. The molecule has 3 rings (SSSR count). The van der Waals surface area contributed by atoms with Gasteiger partial charge in [-0.3, -0.25) is 4.98 Å². The van der Waals surface area contributed by atoms with Crippen LogP contribution in [0.2, 0.25) is 0 Å². The number of aryl methyl sites for hydroxylation is 1. The minimum absolute atomic E-state index is 0.138. The fourth-order valence-corrected chi connectivity index (χ4v) is 3.05. The first-order valence-electron chi connectivity index (χ1n) is 7.58. The molecule has 1 heterocycles. The zero-order valence-electron chi connectivity index (χ0n) is 12.0. The second-order valence-corrected chi connectivity index (χ2v) is 5.67. The molecule has 20 heavy (non-hydrogen) atoms. The molecule has 3 nitrogen and oxygen atoms in total. The van der Waals surface area contributed by atoms with Crippen molar-refractivity contribution in [2.24, 2.45) is 5.92 Å². The topological polar surface area (TPSA) is 45.1 Å². The van der Waals surface area contributed by atoms with Gasteiger partial charge in [0.15, 0.2) is 0 Å². The van der Waals surface area contributed by atoms with Crippen molar-refractivity contribution in [1.82, 2.24) is 4.98 Å². The maximum atomic E-state index is 9.93. The van der Waals surface area contributed by atoms with Gasteiger partial charge in [0.1, 0.15) is 0 Å². The maximum Gasteiger partial charge on any atom is 0.0726 e. The molecule has 3 heteroatoms. The lowest BCUT2D eigenvalue weighted by molar-refractivity contribution is 0.138. The van der Waals surface area contributed by atoms with Crippen molar-refractivity contribution in [3.63, 3.8) is 0 Å². The molecule has 106 valence electrons. The van der Waals surface area contributed by atoms with Crippen LogP contribution in [0.3, 0.4) is 0 Å². The third-order valence-corrected chi connectivity index (χ3v) is 4.31. The largest absolute Gasteiger partial charge is 0.393 e. The van der Waals surface area contributed by atoms with Crippen molar-refractivity contribution in [2.45, 2.75) is 38.7 Å². The Morgan fingerprint density at radius 3 is 2.90 bits per heavy atom. The van der Waals surface area contributed by atoms with Gasteiger partial charge in [-0.05, 0) is 31.4 Å². The van der Waals surface area contributed by atoms with Crippen molar-refractivity contribution < 1.29 is 5.11 Å². The molecule has 0 saturated heterocycles. The Morgan fingerprint density at radius 2 is 2.15 bits per heavy atom. The summed E-state index contributed by atoms with van der Waals surface area (Å²) in [7, 11) is 0. The van der Waals surface area contributed by atoms with Crippen LogP contribution in [-0.4, -0.2) is 22.7 Å². The smallest absolute Gasteiger partial charge is 0.0726 e. The summed E-state index contributed by atoms with van der Waals surface area (Å²) in [5, 5.41) is 14.6. The van der Waals surface area contributed by atoms with Gasteiger partial charge in [-0.15, -0.1) is 0 Å². The van der Waals surface area contributed by atoms with E-state index in [4.69, 9.17) is 0 Å². The Kier molecular flexibility index (Phi) is 3.88. The number of nitrogens with one attached hydrogen (secondary N) is 1. The van der Waals surface area contributed by atoms with Crippen LogP contribution in [-0.2, 0) is 6.42 Å². The van der Waals surface area contributed by atoms with Crippen LogP contribution in [0.4, 0.5) is 5.69 Å². The average Bonchev–Trinajstić information content (AvgIpc) is 2.89. The summed E-state index contributed by atoms with van der Waals surface area (Å²) in [6.45, 7) is 2.97. The molecule has 1 saturated carbocycles. The van der Waals surface area contributed by atoms with E-state index in [0.717, 1.165) is 54.5 Å². The van der Waals surface area contributed by atoms with Gasteiger partial charge in [-0.1, -0.05) is 31.5 Å². The van der Waals surface area contributed by atoms with E-state index in [1.54, 1.807) is 0 Å². The van der Waals surface area contributed by atoms with Gasteiger partial charge in [0.25, 0.3) is 0 Å². The lowest BCUT2D eigenvalue weighted by Gasteiger charge is -2.17. The predicted octanol–water partition coefficient (Wildman–Crippen LogP) is 3.37. The third kappa shape index (κ3) is 2.63. The molecular weight excluding hydrogens is 248 g/mol. The van der Waals surface area contributed by atoms with E-state index in [-0.39, 0.29) is 6.10 Å². The summed E-state index contributed by atoms with van der Waals surface area (Å²) in [6, 6.07) is 10.4. The molecule has 0 radical (unpaired) electrons. The second kappa shape index (κ2) is 5.80. The number of benzene rings is 1. The van der Waals surface area contributed by atoms with Gasteiger partial charge >= 0.3 is 0 Å². The van der Waals surface area contributed by atoms with E-state index in [1.165, 1.54) is 0 Å². The number of fused-ring (bicyclic) bond motifs is 1. The number of hydrogen-bond acceptors (Lipinski definition) is 3. The van der Waals surface area contributed by atoms with Crippen molar-refractivity contribution in [3.05, 3.63) is 36.0 Å². The minimum Gasteiger partial charge on any atom is -0.393 e. The highest BCUT2D eigenvalue weighted by Crippen LogP contribution is 2.28. The Balaban J connectivity index is 1.85. The van der Waals surface area contributed by atoms with Crippen molar-refractivity contribution >= 4 is 16.6 Å². The van der Waals surface area contributed by atoms with Gasteiger partial charge in [-0.2, -0.15) is 0 Å². The number of aliphatic hydroxyl groups is 1. The highest BCUT2D eigenvalue weighted by molar-refractivity contribution is 5.91. The Hall–Kier alpha value is -1.61. The van der Waals surface area contributed by atoms with Gasteiger partial charge in [-0.25, -0.2) is 0 Å². The molecule has 2 aromatic rings. The monoisotopic (exact) mass is 270 g/mol. The van der Waals surface area contributed by atoms with Gasteiger partial charge in [0.05, 0.1) is 11.6 Å². The Bertz CT molecular complexity index is 597. The van der Waals surface area contributed by atoms with Crippen LogP contribution in [0.5, 0.6) is 0 Å². The van der Waals surface area contributed by atoms with Gasteiger partial charge in [0, 0.05) is 29.2 Å². The van der Waals surface area contributed by atoms with Crippen LogP contribution >= 0.6 is 0 Å². The summed E-state index contributed by atoms with van der Waals surface area (Å²) in [4.78, 5) is 4.66. The number of pyridine rings is 1. The zero-order valence-corrected chi connectivity index (χ0v) is 12.0. The summed E-state index contributed by atoms with van der Waals surface area (Å²) >= 11 is 0. The van der Waals surface area contributed by atoms with Crippen molar-refractivity contribution in [3.8, 4) is 0 Å². The number of para-hydroxylation sites is 1. The molecule has 1 fully saturated rings. The first kappa shape index (κ1) is 13.4. The van der Waals surface area contributed by atoms with E-state index in [0.29, 0.717) is 5.92 Å². The molecule has 0 amide bonds. The first-order chi connectivity index (χ1) is 9.78. The summed E-state index contributed by atoms with van der Waals surface area (Å²) in [6.07, 6.45) is 4.01. The Morgan fingerprint density at radius 1 is 1.30 bits per heavy atom. The van der Waals surface area contributed by atoms with Crippen LogP contribution in [0.25, 0.3) is 10.9 Å². The van der Waals surface area contributed by atoms with Crippen molar-refractivity contribution in [1.29, 1.82) is 0 Å². The fourth-order valence-electron chi connectivity index (χ4n) is 3.05. The number of rotatable bonds is 4. The van der Waals surface area contributed by atoms with Crippen LogP contribution in [0.1, 0.15) is 31.9 Å². The lowest BCUT2D eigenvalue weighted by atomic mass is 10.1. The summed E-state index contributed by atoms with van der Waals surface area (Å²) < 4.78 is 0. The number of anilines is 1. The Labute approximate surface area is 120 Å². The number of aliphatic hydroxyl groups excluding tert-OH is 1. The molecule has 1 aliphatic carbocycles. The maximum absolute atomic E-state index is 9.93. The number of nitrogens with zero attached hydrogens (tertiary/aromatic N) is 1. The zero-order chi connectivity index (χ0) is 13.9. The summed E-state index contributed by atoms with van der Waals surface area (Å²) in [5.74, 6) is 0.381. The number of hydrogen-bond donors (Lipinski definition) is 2. The van der Waals surface area contributed by atoms with E-state index in [2.05, 4.69) is 35.4 Å². The molecule has 2 N–H and O–H groups in total. The minimum atomic E-state index is -0.138. The second-order valence-electron chi connectivity index (χ2n) is 5.67. The number of aromatic nitrogens is 1.